The third kappa shape index (κ3) is 4.75. The molecule has 9 rings (SSSR count). The highest BCUT2D eigenvalue weighted by atomic mass is 15.0. The van der Waals surface area contributed by atoms with Crippen LogP contribution in [0.4, 0.5) is 0 Å². The Bertz CT molecular complexity index is 2500. The first-order valence-corrected chi connectivity index (χ1v) is 15.8. The molecular weight excluding hydrogens is 573 g/mol. The fourth-order valence-corrected chi connectivity index (χ4v) is 6.57. The van der Waals surface area contributed by atoms with Crippen molar-refractivity contribution in [2.24, 2.45) is 0 Å². The minimum absolute atomic E-state index is 0.718. The van der Waals surface area contributed by atoms with E-state index in [4.69, 9.17) is 15.0 Å². The molecular formula is C43H28N4. The molecule has 0 unspecified atom stereocenters. The number of para-hydroxylation sites is 2. The Hall–Kier alpha value is -6.39. The second kappa shape index (κ2) is 11.2. The molecule has 0 bridgehead atoms. The van der Waals surface area contributed by atoms with Gasteiger partial charge < -0.3 is 4.57 Å². The van der Waals surface area contributed by atoms with Gasteiger partial charge in [0.05, 0.1) is 27.8 Å². The SMILES string of the molecule is c1ccc(-c2ccc(-c3nc(-c4ccc(-c5cccc(-n6c7ccccc7c7ncccc76)c5)cc4)c4ccccc4n3)cc2)cc1. The highest BCUT2D eigenvalue weighted by molar-refractivity contribution is 6.07. The maximum Gasteiger partial charge on any atom is 0.160 e. The second-order valence-corrected chi connectivity index (χ2v) is 11.7. The van der Waals surface area contributed by atoms with E-state index in [1.807, 2.05) is 30.5 Å². The maximum absolute atomic E-state index is 5.13. The summed E-state index contributed by atoms with van der Waals surface area (Å²) in [4.78, 5) is 14.8. The molecule has 9 aromatic rings. The zero-order valence-electron chi connectivity index (χ0n) is 25.5. The molecule has 0 saturated carbocycles. The molecule has 3 aromatic heterocycles. The molecule has 4 heteroatoms. The number of benzene rings is 6. The van der Waals surface area contributed by atoms with Crippen molar-refractivity contribution in [2.75, 3.05) is 0 Å². The van der Waals surface area contributed by atoms with Gasteiger partial charge in [0.25, 0.3) is 0 Å². The molecule has 0 saturated heterocycles. The van der Waals surface area contributed by atoms with Crippen molar-refractivity contribution in [2.45, 2.75) is 0 Å². The zero-order chi connectivity index (χ0) is 31.2. The van der Waals surface area contributed by atoms with Crippen molar-refractivity contribution in [3.05, 3.63) is 170 Å². The quantitative estimate of drug-likeness (QED) is 0.197. The van der Waals surface area contributed by atoms with Crippen LogP contribution in [0.1, 0.15) is 0 Å². The first kappa shape index (κ1) is 27.0. The summed E-state index contributed by atoms with van der Waals surface area (Å²) in [5, 5.41) is 2.19. The lowest BCUT2D eigenvalue weighted by atomic mass is 10.00. The zero-order valence-corrected chi connectivity index (χ0v) is 25.5. The van der Waals surface area contributed by atoms with Gasteiger partial charge in [0.2, 0.25) is 0 Å². The largest absolute Gasteiger partial charge is 0.308 e. The van der Waals surface area contributed by atoms with Gasteiger partial charge in [-0.15, -0.1) is 0 Å². The summed E-state index contributed by atoms with van der Waals surface area (Å²) in [5.74, 6) is 0.718. The van der Waals surface area contributed by atoms with E-state index in [9.17, 15) is 0 Å². The van der Waals surface area contributed by atoms with Crippen LogP contribution in [0.5, 0.6) is 0 Å². The Kier molecular flexibility index (Phi) is 6.43. The highest BCUT2D eigenvalue weighted by Gasteiger charge is 2.14. The van der Waals surface area contributed by atoms with Crippen molar-refractivity contribution in [1.82, 2.24) is 19.5 Å². The summed E-state index contributed by atoms with van der Waals surface area (Å²) in [6.45, 7) is 0. The molecule has 0 radical (unpaired) electrons. The molecule has 0 aliphatic rings. The summed E-state index contributed by atoms with van der Waals surface area (Å²) >= 11 is 0. The first-order chi connectivity index (χ1) is 23.3. The molecule has 4 nitrogen and oxygen atoms in total. The Labute approximate surface area is 272 Å². The van der Waals surface area contributed by atoms with E-state index in [0.29, 0.717) is 0 Å². The number of pyridine rings is 1. The van der Waals surface area contributed by atoms with E-state index in [0.717, 1.165) is 72.3 Å². The van der Waals surface area contributed by atoms with Crippen LogP contribution < -0.4 is 0 Å². The molecule has 3 heterocycles. The van der Waals surface area contributed by atoms with Gasteiger partial charge in [-0.2, -0.15) is 0 Å². The number of hydrogen-bond acceptors (Lipinski definition) is 3. The van der Waals surface area contributed by atoms with Gasteiger partial charge in [-0.25, -0.2) is 9.97 Å². The molecule has 0 fully saturated rings. The van der Waals surface area contributed by atoms with Gasteiger partial charge >= 0.3 is 0 Å². The lowest BCUT2D eigenvalue weighted by molar-refractivity contribution is 1.18. The molecule has 0 atom stereocenters. The number of hydrogen-bond donors (Lipinski definition) is 0. The van der Waals surface area contributed by atoms with Crippen LogP contribution in [0.15, 0.2) is 170 Å². The Balaban J connectivity index is 1.09. The molecule has 47 heavy (non-hydrogen) atoms. The van der Waals surface area contributed by atoms with Crippen molar-refractivity contribution >= 4 is 32.8 Å². The number of aromatic nitrogens is 4. The second-order valence-electron chi connectivity index (χ2n) is 11.7. The van der Waals surface area contributed by atoms with Crippen molar-refractivity contribution in [3.63, 3.8) is 0 Å². The minimum Gasteiger partial charge on any atom is -0.308 e. The summed E-state index contributed by atoms with van der Waals surface area (Å²) in [5.41, 5.74) is 12.9. The third-order valence-electron chi connectivity index (χ3n) is 8.88. The van der Waals surface area contributed by atoms with E-state index in [2.05, 4.69) is 144 Å². The van der Waals surface area contributed by atoms with Gasteiger partial charge in [-0.3, -0.25) is 4.98 Å². The van der Waals surface area contributed by atoms with Gasteiger partial charge in [-0.1, -0.05) is 127 Å². The number of fused-ring (bicyclic) bond motifs is 4. The van der Waals surface area contributed by atoms with Crippen LogP contribution in [0.25, 0.3) is 83.4 Å². The lowest BCUT2D eigenvalue weighted by Crippen LogP contribution is -1.95. The van der Waals surface area contributed by atoms with E-state index in [1.54, 1.807) is 0 Å². The minimum atomic E-state index is 0.718. The Morgan fingerprint density at radius 2 is 1.02 bits per heavy atom. The van der Waals surface area contributed by atoms with E-state index < -0.39 is 0 Å². The smallest absolute Gasteiger partial charge is 0.160 e. The summed E-state index contributed by atoms with van der Waals surface area (Å²) in [6.07, 6.45) is 1.86. The van der Waals surface area contributed by atoms with E-state index in [1.165, 1.54) is 11.1 Å². The van der Waals surface area contributed by atoms with Gasteiger partial charge in [-0.05, 0) is 58.7 Å². The third-order valence-corrected chi connectivity index (χ3v) is 8.88. The van der Waals surface area contributed by atoms with Gasteiger partial charge in [0.15, 0.2) is 5.82 Å². The summed E-state index contributed by atoms with van der Waals surface area (Å²) < 4.78 is 2.30. The molecule has 0 N–H and O–H groups in total. The topological polar surface area (TPSA) is 43.6 Å². The normalized spacial score (nSPS) is 11.4. The van der Waals surface area contributed by atoms with Crippen LogP contribution in [-0.2, 0) is 0 Å². The molecule has 6 aromatic carbocycles. The summed E-state index contributed by atoms with van der Waals surface area (Å²) in [6, 6.07) is 57.2. The van der Waals surface area contributed by atoms with Gasteiger partial charge in [0, 0.05) is 33.8 Å². The van der Waals surface area contributed by atoms with Crippen molar-refractivity contribution in [1.29, 1.82) is 0 Å². The molecule has 0 spiro atoms. The summed E-state index contributed by atoms with van der Waals surface area (Å²) in [7, 11) is 0. The van der Waals surface area contributed by atoms with E-state index in [-0.39, 0.29) is 0 Å². The standard InChI is InChI=1S/C43H28N4/c1-2-10-29(11-3-1)30-21-25-33(26-22-30)43-45-38-16-6-4-14-36(38)41(46-43)32-23-19-31(20-24-32)34-12-8-13-35(28-34)47-39-17-7-5-15-37(39)42-40(47)18-9-27-44-42/h1-28H. The molecule has 0 aliphatic carbocycles. The number of rotatable bonds is 5. The highest BCUT2D eigenvalue weighted by Crippen LogP contribution is 2.34. The van der Waals surface area contributed by atoms with Crippen LogP contribution >= 0.6 is 0 Å². The van der Waals surface area contributed by atoms with Crippen molar-refractivity contribution in [3.8, 4) is 50.6 Å². The predicted molar refractivity (Wildman–Crippen MR) is 193 cm³/mol. The molecule has 0 aliphatic heterocycles. The van der Waals surface area contributed by atoms with Crippen LogP contribution in [0, 0.1) is 0 Å². The maximum atomic E-state index is 5.13. The predicted octanol–water partition coefficient (Wildman–Crippen LogP) is 10.8. The van der Waals surface area contributed by atoms with Gasteiger partial charge in [0.1, 0.15) is 0 Å². The lowest BCUT2D eigenvalue weighted by Gasteiger charge is -2.12. The average molecular weight is 601 g/mol. The molecule has 220 valence electrons. The van der Waals surface area contributed by atoms with Crippen molar-refractivity contribution < 1.29 is 0 Å². The Morgan fingerprint density at radius 3 is 1.85 bits per heavy atom. The monoisotopic (exact) mass is 600 g/mol. The number of nitrogens with zero attached hydrogens (tertiary/aromatic N) is 4. The fourth-order valence-electron chi connectivity index (χ4n) is 6.57. The average Bonchev–Trinajstić information content (AvgIpc) is 3.49. The first-order valence-electron chi connectivity index (χ1n) is 15.8. The Morgan fingerprint density at radius 1 is 0.404 bits per heavy atom. The van der Waals surface area contributed by atoms with Crippen LogP contribution in [0.3, 0.4) is 0 Å². The fraction of sp³-hybridized carbons (Fsp3) is 0. The van der Waals surface area contributed by atoms with Crippen LogP contribution in [-0.4, -0.2) is 19.5 Å². The van der Waals surface area contributed by atoms with Crippen LogP contribution in [0.2, 0.25) is 0 Å². The van der Waals surface area contributed by atoms with E-state index >= 15 is 0 Å². The molecule has 0 amide bonds.